The van der Waals surface area contributed by atoms with Crippen molar-refractivity contribution in [2.45, 2.75) is 26.4 Å². The molecule has 0 atom stereocenters. The van der Waals surface area contributed by atoms with E-state index in [9.17, 15) is 4.79 Å². The molecular weight excluding hydrogens is 324 g/mol. The van der Waals surface area contributed by atoms with Crippen LogP contribution in [0.4, 0.5) is 0 Å². The van der Waals surface area contributed by atoms with Gasteiger partial charge in [-0.1, -0.05) is 6.92 Å². The lowest BCUT2D eigenvalue weighted by Gasteiger charge is -2.04. The Kier molecular flexibility index (Phi) is 5.13. The van der Waals surface area contributed by atoms with Crippen LogP contribution in [-0.4, -0.2) is 23.3 Å². The molecule has 3 aromatic rings. The van der Waals surface area contributed by atoms with Crippen LogP contribution >= 0.6 is 0 Å². The molecule has 0 saturated heterocycles. The summed E-state index contributed by atoms with van der Waals surface area (Å²) in [6.45, 7) is 2.26. The molecule has 1 aromatic carbocycles. The molecule has 0 saturated carbocycles. The van der Waals surface area contributed by atoms with E-state index in [4.69, 9.17) is 13.6 Å². The van der Waals surface area contributed by atoms with Crippen molar-refractivity contribution in [1.29, 1.82) is 0 Å². The first kappa shape index (κ1) is 16.8. The molecule has 0 aliphatic carbocycles. The molecule has 0 aliphatic rings. The normalized spacial score (nSPS) is 10.6. The van der Waals surface area contributed by atoms with Crippen LogP contribution in [0, 0.1) is 0 Å². The van der Waals surface area contributed by atoms with E-state index in [0.29, 0.717) is 23.3 Å². The lowest BCUT2D eigenvalue weighted by Crippen LogP contribution is -1.99. The maximum Gasteiger partial charge on any atom is 0.373 e. The zero-order chi connectivity index (χ0) is 17.6. The van der Waals surface area contributed by atoms with Crippen LogP contribution < -0.4 is 4.74 Å². The Labute approximate surface area is 144 Å². The Balaban J connectivity index is 1.60. The van der Waals surface area contributed by atoms with E-state index in [-0.39, 0.29) is 12.4 Å². The molecule has 25 heavy (non-hydrogen) atoms. The number of ether oxygens (including phenoxy) is 2. The fourth-order valence-corrected chi connectivity index (χ4v) is 2.20. The number of aromatic nitrogens is 2. The topological polar surface area (TPSA) is 87.6 Å². The Hall–Kier alpha value is -3.09. The molecule has 0 spiro atoms. The molecule has 0 bridgehead atoms. The van der Waals surface area contributed by atoms with Crippen LogP contribution in [-0.2, 0) is 17.8 Å². The van der Waals surface area contributed by atoms with Gasteiger partial charge < -0.3 is 18.3 Å². The number of benzene rings is 1. The number of nitrogens with zero attached hydrogens (tertiary/aromatic N) is 2. The van der Waals surface area contributed by atoms with Crippen LogP contribution in [0.15, 0.2) is 45.2 Å². The van der Waals surface area contributed by atoms with Crippen LogP contribution in [0.25, 0.3) is 11.5 Å². The molecule has 0 N–H and O–H groups in total. The Morgan fingerprint density at radius 2 is 1.88 bits per heavy atom. The van der Waals surface area contributed by atoms with E-state index >= 15 is 0 Å². The van der Waals surface area contributed by atoms with E-state index in [2.05, 4.69) is 21.9 Å². The molecule has 0 aliphatic heterocycles. The van der Waals surface area contributed by atoms with Gasteiger partial charge in [-0.25, -0.2) is 4.79 Å². The highest BCUT2D eigenvalue weighted by Gasteiger charge is 2.12. The van der Waals surface area contributed by atoms with Gasteiger partial charge in [0.2, 0.25) is 17.5 Å². The SMILES string of the molecule is CCCc1nnc(-c2ccc(OCc3ccc(C(=O)OC)o3)cc2)o1. The third-order valence-corrected chi connectivity index (χ3v) is 3.46. The quantitative estimate of drug-likeness (QED) is 0.606. The molecule has 0 amide bonds. The highest BCUT2D eigenvalue weighted by Crippen LogP contribution is 2.22. The number of carbonyl (C=O) groups is 1. The van der Waals surface area contributed by atoms with Gasteiger partial charge in [-0.05, 0) is 42.8 Å². The van der Waals surface area contributed by atoms with E-state index in [1.54, 1.807) is 12.1 Å². The summed E-state index contributed by atoms with van der Waals surface area (Å²) in [6, 6.07) is 10.5. The zero-order valence-electron chi connectivity index (χ0n) is 14.0. The van der Waals surface area contributed by atoms with Crippen molar-refractivity contribution in [3.8, 4) is 17.2 Å². The molecular formula is C18H18N2O5. The highest BCUT2D eigenvalue weighted by atomic mass is 16.5. The zero-order valence-corrected chi connectivity index (χ0v) is 14.0. The van der Waals surface area contributed by atoms with Crippen LogP contribution in [0.3, 0.4) is 0 Å². The number of hydrogen-bond acceptors (Lipinski definition) is 7. The molecule has 130 valence electrons. The first-order valence-corrected chi connectivity index (χ1v) is 7.92. The van der Waals surface area contributed by atoms with Crippen LogP contribution in [0.1, 0.15) is 35.6 Å². The fourth-order valence-electron chi connectivity index (χ4n) is 2.20. The average Bonchev–Trinajstić information content (AvgIpc) is 3.30. The van der Waals surface area contributed by atoms with Gasteiger partial charge in [0.15, 0.2) is 0 Å². The summed E-state index contributed by atoms with van der Waals surface area (Å²) in [5, 5.41) is 8.05. The summed E-state index contributed by atoms with van der Waals surface area (Å²) >= 11 is 0. The van der Waals surface area contributed by atoms with Gasteiger partial charge in [0.1, 0.15) is 18.1 Å². The number of furan rings is 1. The van der Waals surface area contributed by atoms with E-state index in [1.807, 2.05) is 24.3 Å². The summed E-state index contributed by atoms with van der Waals surface area (Å²) in [6.07, 6.45) is 1.73. The summed E-state index contributed by atoms with van der Waals surface area (Å²) in [4.78, 5) is 11.3. The summed E-state index contributed by atoms with van der Waals surface area (Å²) in [7, 11) is 1.30. The predicted octanol–water partition coefficient (Wildman–Crippen LogP) is 3.65. The summed E-state index contributed by atoms with van der Waals surface area (Å²) in [5.41, 5.74) is 0.827. The first-order valence-electron chi connectivity index (χ1n) is 7.92. The smallest absolute Gasteiger partial charge is 0.373 e. The van der Waals surface area contributed by atoms with Crippen LogP contribution in [0.2, 0.25) is 0 Å². The van der Waals surface area contributed by atoms with Gasteiger partial charge in [-0.15, -0.1) is 10.2 Å². The van der Waals surface area contributed by atoms with Gasteiger partial charge in [0.25, 0.3) is 0 Å². The second kappa shape index (κ2) is 7.65. The van der Waals surface area contributed by atoms with Gasteiger partial charge in [0.05, 0.1) is 7.11 Å². The molecule has 0 radical (unpaired) electrons. The standard InChI is InChI=1S/C18H18N2O5/c1-3-4-16-19-20-17(25-16)12-5-7-13(8-6-12)23-11-14-9-10-15(24-14)18(21)22-2/h5-10H,3-4,11H2,1-2H3. The summed E-state index contributed by atoms with van der Waals surface area (Å²) in [5.74, 6) is 1.95. The maximum atomic E-state index is 11.3. The molecule has 3 rings (SSSR count). The molecule has 2 aromatic heterocycles. The molecule has 7 nitrogen and oxygen atoms in total. The van der Waals surface area contributed by atoms with Crippen LogP contribution in [0.5, 0.6) is 5.75 Å². The highest BCUT2D eigenvalue weighted by molar-refractivity contribution is 5.86. The second-order valence-corrected chi connectivity index (χ2v) is 5.32. The maximum absolute atomic E-state index is 11.3. The van der Waals surface area contributed by atoms with Crippen molar-refractivity contribution in [1.82, 2.24) is 10.2 Å². The van der Waals surface area contributed by atoms with Gasteiger partial charge >= 0.3 is 5.97 Å². The van der Waals surface area contributed by atoms with Crippen molar-refractivity contribution in [2.24, 2.45) is 0 Å². The third kappa shape index (κ3) is 4.06. The number of carbonyl (C=O) groups excluding carboxylic acids is 1. The Morgan fingerprint density at radius 3 is 2.60 bits per heavy atom. The first-order chi connectivity index (χ1) is 12.2. The number of rotatable bonds is 7. The Bertz CT molecular complexity index is 835. The van der Waals surface area contributed by atoms with Crippen molar-refractivity contribution < 1.29 is 23.1 Å². The molecule has 7 heteroatoms. The molecule has 0 unspecified atom stereocenters. The van der Waals surface area contributed by atoms with Gasteiger partial charge in [-0.2, -0.15) is 0 Å². The lowest BCUT2D eigenvalue weighted by atomic mass is 10.2. The van der Waals surface area contributed by atoms with E-state index in [0.717, 1.165) is 18.4 Å². The number of esters is 1. The van der Waals surface area contributed by atoms with Crippen molar-refractivity contribution in [2.75, 3.05) is 7.11 Å². The fraction of sp³-hybridized carbons (Fsp3) is 0.278. The molecule has 0 fully saturated rings. The largest absolute Gasteiger partial charge is 0.486 e. The van der Waals surface area contributed by atoms with Crippen molar-refractivity contribution in [3.05, 3.63) is 53.8 Å². The predicted molar refractivity (Wildman–Crippen MR) is 88.1 cm³/mol. The molecule has 2 heterocycles. The summed E-state index contributed by atoms with van der Waals surface area (Å²) < 4.78 is 21.2. The number of hydrogen-bond donors (Lipinski definition) is 0. The second-order valence-electron chi connectivity index (χ2n) is 5.32. The lowest BCUT2D eigenvalue weighted by molar-refractivity contribution is 0.0561. The number of methoxy groups -OCH3 is 1. The minimum atomic E-state index is -0.516. The van der Waals surface area contributed by atoms with Gasteiger partial charge in [-0.3, -0.25) is 0 Å². The third-order valence-electron chi connectivity index (χ3n) is 3.46. The monoisotopic (exact) mass is 342 g/mol. The minimum absolute atomic E-state index is 0.149. The number of aryl methyl sites for hydroxylation is 1. The Morgan fingerprint density at radius 1 is 1.08 bits per heavy atom. The van der Waals surface area contributed by atoms with Crippen molar-refractivity contribution >= 4 is 5.97 Å². The van der Waals surface area contributed by atoms with E-state index < -0.39 is 5.97 Å². The van der Waals surface area contributed by atoms with Gasteiger partial charge in [0, 0.05) is 12.0 Å². The van der Waals surface area contributed by atoms with Crippen molar-refractivity contribution in [3.63, 3.8) is 0 Å². The minimum Gasteiger partial charge on any atom is -0.486 e. The average molecular weight is 342 g/mol. The van der Waals surface area contributed by atoms with E-state index in [1.165, 1.54) is 7.11 Å².